The third-order valence-corrected chi connectivity index (χ3v) is 5.13. The van der Waals surface area contributed by atoms with Gasteiger partial charge in [0.2, 0.25) is 0 Å². The molecule has 2 rings (SSSR count). The van der Waals surface area contributed by atoms with Crippen molar-refractivity contribution in [2.45, 2.75) is 43.9 Å². The Bertz CT molecular complexity index is 310. The van der Waals surface area contributed by atoms with E-state index in [0.717, 1.165) is 5.92 Å². The topological polar surface area (TPSA) is 0 Å². The molecule has 0 spiro atoms. The molecule has 0 radical (unpaired) electrons. The molecule has 1 saturated carbocycles. The van der Waals surface area contributed by atoms with Crippen LogP contribution in [-0.2, 0) is 6.42 Å². The monoisotopic (exact) mass is 306 g/mol. The first-order valence-corrected chi connectivity index (χ1v) is 7.67. The minimum atomic E-state index is 0.418. The first kappa shape index (κ1) is 11.9. The van der Waals surface area contributed by atoms with Gasteiger partial charge in [0.15, 0.2) is 0 Å². The van der Waals surface area contributed by atoms with Crippen LogP contribution < -0.4 is 0 Å². The fourth-order valence-electron chi connectivity index (χ4n) is 2.33. The Morgan fingerprint density at radius 1 is 1.33 bits per heavy atom. The van der Waals surface area contributed by atoms with E-state index >= 15 is 0 Å². The van der Waals surface area contributed by atoms with Crippen molar-refractivity contribution in [1.29, 1.82) is 0 Å². The van der Waals surface area contributed by atoms with Crippen LogP contribution in [0.3, 0.4) is 0 Å². The average Bonchev–Trinajstić information content (AvgIpc) is 2.46. The van der Waals surface area contributed by atoms with Crippen LogP contribution in [0.1, 0.15) is 37.0 Å². The molecule has 1 heterocycles. The van der Waals surface area contributed by atoms with Gasteiger partial charge in [-0.25, -0.2) is 0 Å². The number of alkyl halides is 1. The third kappa shape index (κ3) is 3.76. The van der Waals surface area contributed by atoms with Gasteiger partial charge < -0.3 is 0 Å². The van der Waals surface area contributed by atoms with Crippen molar-refractivity contribution >= 4 is 38.9 Å². The number of rotatable bonds is 2. The summed E-state index contributed by atoms with van der Waals surface area (Å²) in [5, 5.41) is 0.418. The fourth-order valence-corrected chi connectivity index (χ4v) is 4.33. The third-order valence-electron chi connectivity index (χ3n) is 3.09. The summed E-state index contributed by atoms with van der Waals surface area (Å²) in [6, 6.07) is 4.39. The molecule has 0 amide bonds. The summed E-state index contributed by atoms with van der Waals surface area (Å²) in [6.07, 6.45) is 7.68. The molecule has 2 atom stereocenters. The lowest BCUT2D eigenvalue weighted by Gasteiger charge is -2.14. The molecule has 15 heavy (non-hydrogen) atoms. The highest BCUT2D eigenvalue weighted by atomic mass is 79.9. The van der Waals surface area contributed by atoms with Crippen molar-refractivity contribution in [1.82, 2.24) is 0 Å². The second-order valence-electron chi connectivity index (χ2n) is 4.39. The van der Waals surface area contributed by atoms with Crippen molar-refractivity contribution in [3.8, 4) is 0 Å². The molecule has 1 aromatic rings. The highest BCUT2D eigenvalue weighted by molar-refractivity contribution is 9.11. The number of halogens is 2. The van der Waals surface area contributed by atoms with Gasteiger partial charge in [-0.2, -0.15) is 0 Å². The van der Waals surface area contributed by atoms with Gasteiger partial charge in [-0.05, 0) is 53.2 Å². The molecule has 1 aliphatic carbocycles. The number of thiophene rings is 1. The van der Waals surface area contributed by atoms with Gasteiger partial charge in [-0.15, -0.1) is 22.9 Å². The standard InChI is InChI=1S/C12H16BrClS/c13-12-6-5-11(15-12)8-9-3-1-2-4-10(14)7-9/h5-6,9-10H,1-4,7-8H2. The normalized spacial score (nSPS) is 27.6. The molecule has 0 bridgehead atoms. The summed E-state index contributed by atoms with van der Waals surface area (Å²) in [5.41, 5.74) is 0. The van der Waals surface area contributed by atoms with E-state index in [0.29, 0.717) is 5.38 Å². The molecule has 0 aliphatic heterocycles. The Balaban J connectivity index is 1.92. The summed E-state index contributed by atoms with van der Waals surface area (Å²) in [7, 11) is 0. The minimum absolute atomic E-state index is 0.418. The quantitative estimate of drug-likeness (QED) is 0.518. The van der Waals surface area contributed by atoms with E-state index in [-0.39, 0.29) is 0 Å². The molecule has 1 aromatic heterocycles. The van der Waals surface area contributed by atoms with Crippen LogP contribution >= 0.6 is 38.9 Å². The molecule has 84 valence electrons. The van der Waals surface area contributed by atoms with Crippen LogP contribution in [0.5, 0.6) is 0 Å². The van der Waals surface area contributed by atoms with Gasteiger partial charge in [0.25, 0.3) is 0 Å². The minimum Gasteiger partial charge on any atom is -0.133 e. The van der Waals surface area contributed by atoms with E-state index in [1.54, 1.807) is 0 Å². The predicted octanol–water partition coefficient (Wildman–Crippen LogP) is 5.24. The maximum atomic E-state index is 6.28. The van der Waals surface area contributed by atoms with E-state index in [4.69, 9.17) is 11.6 Å². The molecular weight excluding hydrogens is 292 g/mol. The summed E-state index contributed by atoms with van der Waals surface area (Å²) in [5.74, 6) is 0.806. The average molecular weight is 308 g/mol. The lowest BCUT2D eigenvalue weighted by molar-refractivity contribution is 0.463. The number of hydrogen-bond donors (Lipinski definition) is 0. The second-order valence-corrected chi connectivity index (χ2v) is 7.56. The molecule has 1 aliphatic rings. The van der Waals surface area contributed by atoms with Crippen LogP contribution in [0.2, 0.25) is 0 Å². The zero-order chi connectivity index (χ0) is 10.7. The molecule has 0 saturated heterocycles. The maximum absolute atomic E-state index is 6.28. The molecule has 0 nitrogen and oxygen atoms in total. The largest absolute Gasteiger partial charge is 0.133 e. The highest BCUT2D eigenvalue weighted by Gasteiger charge is 2.19. The Labute approximate surface area is 109 Å². The van der Waals surface area contributed by atoms with E-state index in [1.807, 2.05) is 11.3 Å². The summed E-state index contributed by atoms with van der Waals surface area (Å²) in [4.78, 5) is 1.50. The van der Waals surface area contributed by atoms with Gasteiger partial charge in [0.05, 0.1) is 3.79 Å². The second kappa shape index (κ2) is 5.70. The molecule has 1 fully saturated rings. The zero-order valence-corrected chi connectivity index (χ0v) is 11.9. The number of hydrogen-bond acceptors (Lipinski definition) is 1. The molecule has 3 heteroatoms. The smallest absolute Gasteiger partial charge is 0.0701 e. The van der Waals surface area contributed by atoms with E-state index in [2.05, 4.69) is 28.1 Å². The Morgan fingerprint density at radius 2 is 2.13 bits per heavy atom. The summed E-state index contributed by atoms with van der Waals surface area (Å²) < 4.78 is 1.24. The van der Waals surface area contributed by atoms with Crippen molar-refractivity contribution < 1.29 is 0 Å². The Morgan fingerprint density at radius 3 is 2.87 bits per heavy atom. The van der Waals surface area contributed by atoms with Gasteiger partial charge in [-0.1, -0.05) is 19.3 Å². The van der Waals surface area contributed by atoms with Crippen LogP contribution in [0.25, 0.3) is 0 Å². The molecular formula is C12H16BrClS. The van der Waals surface area contributed by atoms with Gasteiger partial charge in [-0.3, -0.25) is 0 Å². The first-order chi connectivity index (χ1) is 7.24. The van der Waals surface area contributed by atoms with Gasteiger partial charge >= 0.3 is 0 Å². The molecule has 0 aromatic carbocycles. The first-order valence-electron chi connectivity index (χ1n) is 5.62. The maximum Gasteiger partial charge on any atom is 0.0701 e. The van der Waals surface area contributed by atoms with Crippen molar-refractivity contribution in [2.75, 3.05) is 0 Å². The van der Waals surface area contributed by atoms with Crippen LogP contribution in [0.4, 0.5) is 0 Å². The zero-order valence-electron chi connectivity index (χ0n) is 8.72. The van der Waals surface area contributed by atoms with Gasteiger partial charge in [0, 0.05) is 10.3 Å². The van der Waals surface area contributed by atoms with Crippen molar-refractivity contribution in [3.63, 3.8) is 0 Å². The van der Waals surface area contributed by atoms with E-state index < -0.39 is 0 Å². The van der Waals surface area contributed by atoms with E-state index in [1.165, 1.54) is 47.2 Å². The lowest BCUT2D eigenvalue weighted by Crippen LogP contribution is -2.07. The SMILES string of the molecule is ClC1CCCCC(Cc2ccc(Br)s2)C1. The van der Waals surface area contributed by atoms with Crippen LogP contribution in [0, 0.1) is 5.92 Å². The summed E-state index contributed by atoms with van der Waals surface area (Å²) in [6.45, 7) is 0. The predicted molar refractivity (Wildman–Crippen MR) is 71.9 cm³/mol. The van der Waals surface area contributed by atoms with Gasteiger partial charge in [0.1, 0.15) is 0 Å². The lowest BCUT2D eigenvalue weighted by atomic mass is 9.96. The molecule has 2 unspecified atom stereocenters. The van der Waals surface area contributed by atoms with E-state index in [9.17, 15) is 0 Å². The molecule has 0 N–H and O–H groups in total. The summed E-state index contributed by atoms with van der Waals surface area (Å²) >= 11 is 11.7. The van der Waals surface area contributed by atoms with Crippen molar-refractivity contribution in [3.05, 3.63) is 20.8 Å². The fraction of sp³-hybridized carbons (Fsp3) is 0.667. The highest BCUT2D eigenvalue weighted by Crippen LogP contribution is 2.31. The Kier molecular flexibility index (Phi) is 4.53. The van der Waals surface area contributed by atoms with Crippen LogP contribution in [0.15, 0.2) is 15.9 Å². The Hall–Kier alpha value is 0.470. The van der Waals surface area contributed by atoms with Crippen molar-refractivity contribution in [2.24, 2.45) is 5.92 Å². The van der Waals surface area contributed by atoms with Crippen LogP contribution in [-0.4, -0.2) is 5.38 Å².